The Morgan fingerprint density at radius 1 is 1.24 bits per heavy atom. The topological polar surface area (TPSA) is 78.0 Å². The van der Waals surface area contributed by atoms with Crippen molar-refractivity contribution in [3.05, 3.63) is 47.1 Å². The number of nitrogens with zero attached hydrogens (tertiary/aromatic N) is 3. The third-order valence-electron chi connectivity index (χ3n) is 4.64. The summed E-state index contributed by atoms with van der Waals surface area (Å²) in [6.45, 7) is 3.90. The predicted octanol–water partition coefficient (Wildman–Crippen LogP) is 3.17. The highest BCUT2D eigenvalue weighted by Crippen LogP contribution is 2.27. The maximum atomic E-state index is 11.7. The molecule has 1 aliphatic rings. The smallest absolute Gasteiger partial charge is 0.220 e. The molecule has 1 fully saturated rings. The molecule has 0 bridgehead atoms. The second-order valence-corrected chi connectivity index (χ2v) is 8.67. The number of aryl methyl sites for hydroxylation is 1. The lowest BCUT2D eigenvalue weighted by Gasteiger charge is -2.10. The molecule has 0 amide bonds. The van der Waals surface area contributed by atoms with Crippen molar-refractivity contribution in [2.24, 2.45) is 0 Å². The molecule has 6 nitrogen and oxygen atoms in total. The molecule has 130 valence electrons. The fraction of sp³-hybridized carbons (Fsp3) is 0.333. The van der Waals surface area contributed by atoms with Crippen LogP contribution in [0.2, 0.25) is 0 Å². The zero-order chi connectivity index (χ0) is 17.6. The van der Waals surface area contributed by atoms with Gasteiger partial charge in [-0.05, 0) is 38.5 Å². The molecule has 3 heterocycles. The fourth-order valence-corrected chi connectivity index (χ4v) is 5.05. The molecule has 0 saturated carbocycles. The van der Waals surface area contributed by atoms with E-state index in [4.69, 9.17) is 4.42 Å². The van der Waals surface area contributed by atoms with Gasteiger partial charge < -0.3 is 4.42 Å². The minimum atomic E-state index is -2.94. The molecule has 3 aromatic rings. The van der Waals surface area contributed by atoms with E-state index >= 15 is 0 Å². The Morgan fingerprint density at radius 3 is 2.76 bits per heavy atom. The maximum Gasteiger partial charge on any atom is 0.220 e. The Kier molecular flexibility index (Phi) is 3.76. The number of aromatic nitrogens is 3. The van der Waals surface area contributed by atoms with Gasteiger partial charge >= 0.3 is 0 Å². The minimum absolute atomic E-state index is 0.0739. The zero-order valence-corrected chi connectivity index (χ0v) is 15.0. The van der Waals surface area contributed by atoms with Crippen LogP contribution < -0.4 is 0 Å². The summed E-state index contributed by atoms with van der Waals surface area (Å²) in [6, 6.07) is 7.55. The molecule has 25 heavy (non-hydrogen) atoms. The first-order chi connectivity index (χ1) is 11.9. The van der Waals surface area contributed by atoms with Crippen LogP contribution >= 0.6 is 0 Å². The standard InChI is InChI=1S/C18H19N3O3S/c1-12-15(7-8-18-19-16-5-3-4-6-17(16)24-18)13(2)21(20-12)14-9-10-25(22,23)11-14/h3-8,14H,9-11H2,1-2H3/b8-7+/t14-/m0/s1. The van der Waals surface area contributed by atoms with Crippen molar-refractivity contribution in [2.75, 3.05) is 11.5 Å². The first-order valence-corrected chi connectivity index (χ1v) is 10.0. The number of hydrogen-bond acceptors (Lipinski definition) is 5. The third-order valence-corrected chi connectivity index (χ3v) is 6.39. The van der Waals surface area contributed by atoms with Gasteiger partial charge in [0, 0.05) is 17.3 Å². The average Bonchev–Trinajstić information content (AvgIpc) is 3.21. The van der Waals surface area contributed by atoms with Crippen LogP contribution in [0.1, 0.15) is 35.3 Å². The third kappa shape index (κ3) is 3.00. The summed E-state index contributed by atoms with van der Waals surface area (Å²) in [4.78, 5) is 4.43. The Labute approximate surface area is 146 Å². The van der Waals surface area contributed by atoms with Crippen LogP contribution in [0.5, 0.6) is 0 Å². The van der Waals surface area contributed by atoms with Crippen LogP contribution in [-0.4, -0.2) is 34.7 Å². The Balaban J connectivity index is 1.64. The summed E-state index contributed by atoms with van der Waals surface area (Å²) in [5, 5.41) is 4.56. The van der Waals surface area contributed by atoms with E-state index in [0.29, 0.717) is 12.3 Å². The number of sulfone groups is 1. The highest BCUT2D eigenvalue weighted by atomic mass is 32.2. The van der Waals surface area contributed by atoms with Gasteiger partial charge in [0.05, 0.1) is 23.2 Å². The van der Waals surface area contributed by atoms with Crippen molar-refractivity contribution in [1.29, 1.82) is 0 Å². The van der Waals surface area contributed by atoms with E-state index in [1.54, 1.807) is 0 Å². The van der Waals surface area contributed by atoms with Gasteiger partial charge in [-0.25, -0.2) is 13.4 Å². The minimum Gasteiger partial charge on any atom is -0.437 e. The van der Waals surface area contributed by atoms with E-state index in [1.165, 1.54) is 0 Å². The number of para-hydroxylation sites is 2. The molecule has 0 radical (unpaired) electrons. The first-order valence-electron chi connectivity index (χ1n) is 8.23. The second-order valence-electron chi connectivity index (χ2n) is 6.44. The van der Waals surface area contributed by atoms with Gasteiger partial charge in [0.1, 0.15) is 5.52 Å². The molecule has 0 unspecified atom stereocenters. The van der Waals surface area contributed by atoms with Gasteiger partial charge in [0.2, 0.25) is 5.89 Å². The molecule has 0 N–H and O–H groups in total. The number of fused-ring (bicyclic) bond motifs is 1. The zero-order valence-electron chi connectivity index (χ0n) is 14.1. The van der Waals surface area contributed by atoms with Crippen molar-refractivity contribution in [3.8, 4) is 0 Å². The summed E-state index contributed by atoms with van der Waals surface area (Å²) in [5.41, 5.74) is 4.39. The van der Waals surface area contributed by atoms with Gasteiger partial charge in [-0.15, -0.1) is 0 Å². The van der Waals surface area contributed by atoms with Crippen LogP contribution in [0.3, 0.4) is 0 Å². The largest absolute Gasteiger partial charge is 0.437 e. The molecule has 2 aromatic heterocycles. The van der Waals surface area contributed by atoms with Crippen molar-refractivity contribution in [2.45, 2.75) is 26.3 Å². The highest BCUT2D eigenvalue weighted by Gasteiger charge is 2.31. The molecular weight excluding hydrogens is 338 g/mol. The van der Waals surface area contributed by atoms with Crippen LogP contribution in [0.15, 0.2) is 28.7 Å². The summed E-state index contributed by atoms with van der Waals surface area (Å²) >= 11 is 0. The lowest BCUT2D eigenvalue weighted by atomic mass is 10.1. The molecular formula is C18H19N3O3S. The average molecular weight is 357 g/mol. The van der Waals surface area contributed by atoms with E-state index in [9.17, 15) is 8.42 Å². The number of benzene rings is 1. The maximum absolute atomic E-state index is 11.7. The fourth-order valence-electron chi connectivity index (χ4n) is 3.36. The molecule has 1 atom stereocenters. The van der Waals surface area contributed by atoms with Gasteiger partial charge in [-0.2, -0.15) is 5.10 Å². The molecule has 1 aliphatic heterocycles. The van der Waals surface area contributed by atoms with Crippen molar-refractivity contribution < 1.29 is 12.8 Å². The number of oxazole rings is 1. The lowest BCUT2D eigenvalue weighted by Crippen LogP contribution is -2.13. The lowest BCUT2D eigenvalue weighted by molar-refractivity contribution is 0.486. The molecule has 0 spiro atoms. The van der Waals surface area contributed by atoms with Gasteiger partial charge in [0.25, 0.3) is 0 Å². The Hall–Kier alpha value is -2.41. The molecule has 1 saturated heterocycles. The normalized spacial score (nSPS) is 20.0. The van der Waals surface area contributed by atoms with Crippen LogP contribution in [0.25, 0.3) is 23.3 Å². The summed E-state index contributed by atoms with van der Waals surface area (Å²) < 4.78 is 31.0. The molecule has 0 aliphatic carbocycles. The van der Waals surface area contributed by atoms with Gasteiger partial charge in [0.15, 0.2) is 15.4 Å². The highest BCUT2D eigenvalue weighted by molar-refractivity contribution is 7.91. The predicted molar refractivity (Wildman–Crippen MR) is 96.9 cm³/mol. The molecule has 4 rings (SSSR count). The molecule has 7 heteroatoms. The van der Waals surface area contributed by atoms with E-state index in [2.05, 4.69) is 10.1 Å². The van der Waals surface area contributed by atoms with Crippen molar-refractivity contribution >= 4 is 33.1 Å². The van der Waals surface area contributed by atoms with Crippen molar-refractivity contribution in [3.63, 3.8) is 0 Å². The van der Waals surface area contributed by atoms with Crippen LogP contribution in [0, 0.1) is 13.8 Å². The van der Waals surface area contributed by atoms with E-state index in [0.717, 1.165) is 28.1 Å². The second kappa shape index (κ2) is 5.84. The van der Waals surface area contributed by atoms with Crippen LogP contribution in [-0.2, 0) is 9.84 Å². The van der Waals surface area contributed by atoms with Crippen molar-refractivity contribution in [1.82, 2.24) is 14.8 Å². The first kappa shape index (κ1) is 16.1. The SMILES string of the molecule is Cc1nn([C@H]2CCS(=O)(=O)C2)c(C)c1/C=C/c1nc2ccccc2o1. The molecule has 1 aromatic carbocycles. The number of rotatable bonds is 3. The van der Waals surface area contributed by atoms with E-state index in [1.807, 2.05) is 54.9 Å². The van der Waals surface area contributed by atoms with Gasteiger partial charge in [-0.3, -0.25) is 4.68 Å². The van der Waals surface area contributed by atoms with Crippen LogP contribution in [0.4, 0.5) is 0 Å². The van der Waals surface area contributed by atoms with E-state index in [-0.39, 0.29) is 17.5 Å². The van der Waals surface area contributed by atoms with Gasteiger partial charge in [-0.1, -0.05) is 12.1 Å². The summed E-state index contributed by atoms with van der Waals surface area (Å²) in [5.74, 6) is 0.948. The van der Waals surface area contributed by atoms with E-state index < -0.39 is 9.84 Å². The summed E-state index contributed by atoms with van der Waals surface area (Å²) in [7, 11) is -2.94. The Morgan fingerprint density at radius 2 is 2.04 bits per heavy atom. The monoisotopic (exact) mass is 357 g/mol. The number of hydrogen-bond donors (Lipinski definition) is 0. The quantitative estimate of drug-likeness (QED) is 0.719. The summed E-state index contributed by atoms with van der Waals surface area (Å²) in [6.07, 6.45) is 4.38. The Bertz CT molecular complexity index is 1040.